The zero-order valence-electron chi connectivity index (χ0n) is 38.3. The van der Waals surface area contributed by atoms with Crippen molar-refractivity contribution in [2.75, 3.05) is 0 Å². The van der Waals surface area contributed by atoms with Crippen LogP contribution in [0.4, 0.5) is 17.6 Å². The number of nitriles is 1. The van der Waals surface area contributed by atoms with Gasteiger partial charge in [-0.3, -0.25) is 9.97 Å². The van der Waals surface area contributed by atoms with E-state index in [9.17, 15) is 17.6 Å². The summed E-state index contributed by atoms with van der Waals surface area (Å²) in [4.78, 5) is 33.8. The Hall–Kier alpha value is -5.97. The van der Waals surface area contributed by atoms with Gasteiger partial charge in [-0.2, -0.15) is 14.0 Å². The molecular weight excluding hydrogens is 1380 g/mol. The van der Waals surface area contributed by atoms with Gasteiger partial charge in [0.15, 0.2) is 0 Å². The molecule has 0 saturated carbocycles. The second kappa shape index (κ2) is 30.3. The second-order valence-electron chi connectivity index (χ2n) is 15.7. The van der Waals surface area contributed by atoms with Crippen LogP contribution in [-0.2, 0) is 70.8 Å². The third-order valence-electron chi connectivity index (χ3n) is 10.4. The molecule has 19 heteroatoms. The van der Waals surface area contributed by atoms with Crippen molar-refractivity contribution in [2.45, 2.75) is 46.0 Å². The quantitative estimate of drug-likeness (QED) is 0.0820. The van der Waals surface area contributed by atoms with Gasteiger partial charge >= 0.3 is 56.4 Å². The Labute approximate surface area is 463 Å². The number of hydrogen-bond acceptors (Lipinski definition) is 11. The van der Waals surface area contributed by atoms with Crippen molar-refractivity contribution < 1.29 is 55.1 Å². The normalized spacial score (nSPS) is 10.3. The van der Waals surface area contributed by atoms with Gasteiger partial charge in [-0.05, 0) is 112 Å². The fourth-order valence-electron chi connectivity index (χ4n) is 6.54. The molecule has 0 fully saturated rings. The van der Waals surface area contributed by atoms with Crippen LogP contribution in [0.5, 0.6) is 0 Å². The maximum absolute atomic E-state index is 13.1. The maximum atomic E-state index is 13.1. The van der Waals surface area contributed by atoms with E-state index in [4.69, 9.17) is 44.0 Å². The summed E-state index contributed by atoms with van der Waals surface area (Å²) in [6.07, 6.45) is 5.75. The van der Waals surface area contributed by atoms with Gasteiger partial charge < -0.3 is 19.9 Å². The first-order valence-electron chi connectivity index (χ1n) is 20.9. The molecule has 0 amide bonds. The number of nitrogens with zero attached hydrogens (tertiary/aromatic N) is 9. The minimum atomic E-state index is -0.585. The molecule has 1 aromatic carbocycles. The molecule has 0 atom stereocenters. The molecule has 73 heavy (non-hydrogen) atoms. The molecule has 0 bridgehead atoms. The van der Waals surface area contributed by atoms with Crippen LogP contribution in [0.2, 0.25) is 0 Å². The minimum absolute atomic E-state index is 0. The van der Waals surface area contributed by atoms with E-state index in [1.165, 1.54) is 49.1 Å². The molecule has 0 radical (unpaired) electrons. The van der Waals surface area contributed by atoms with Gasteiger partial charge in [-0.15, -0.1) is 23.3 Å². The second-order valence-corrected chi connectivity index (χ2v) is 19.0. The summed E-state index contributed by atoms with van der Waals surface area (Å²) < 4.78 is 52.4. The number of hydrogen-bond donors (Lipinski definition) is 0. The van der Waals surface area contributed by atoms with Crippen molar-refractivity contribution in [1.29, 1.82) is 5.26 Å². The summed E-state index contributed by atoms with van der Waals surface area (Å²) in [5.74, 6) is -2.22. The van der Waals surface area contributed by atoms with Crippen molar-refractivity contribution >= 4 is 41.2 Å². The van der Waals surface area contributed by atoms with Crippen molar-refractivity contribution in [2.24, 2.45) is 0 Å². The van der Waals surface area contributed by atoms with Crippen molar-refractivity contribution in [1.82, 2.24) is 39.9 Å². The van der Waals surface area contributed by atoms with Crippen LogP contribution in [0.1, 0.15) is 63.5 Å². The Kier molecular flexibility index (Phi) is 25.4. The fourth-order valence-corrected chi connectivity index (χ4v) is 6.54. The van der Waals surface area contributed by atoms with E-state index in [0.717, 1.165) is 33.9 Å². The van der Waals surface area contributed by atoms with Crippen LogP contribution in [0.3, 0.4) is 0 Å². The Morgan fingerprint density at radius 2 is 0.808 bits per heavy atom. The predicted molar refractivity (Wildman–Crippen MR) is 276 cm³/mol. The third-order valence-corrected chi connectivity index (χ3v) is 10.4. The Morgan fingerprint density at radius 3 is 1.10 bits per heavy atom. The summed E-state index contributed by atoms with van der Waals surface area (Å²) in [5, 5.41) is 8.29. The average molecular weight is 1420 g/mol. The van der Waals surface area contributed by atoms with E-state index >= 15 is 0 Å². The van der Waals surface area contributed by atoms with Gasteiger partial charge in [0.2, 0.25) is 11.9 Å². The van der Waals surface area contributed by atoms with Gasteiger partial charge in [-0.1, -0.05) is 86.6 Å². The topological polar surface area (TPSA) is 127 Å². The Bertz CT molecular complexity index is 2780. The van der Waals surface area contributed by atoms with Gasteiger partial charge in [0.1, 0.15) is 11.9 Å². The molecule has 8 aromatic heterocycles. The molecule has 0 aliphatic rings. The fraction of sp³-hybridized carbons (Fsp3) is 0.130. The van der Waals surface area contributed by atoms with E-state index in [1.54, 1.807) is 24.3 Å². The number of pyridine rings is 8. The summed E-state index contributed by atoms with van der Waals surface area (Å²) in [5.41, 5.74) is 8.34. The van der Waals surface area contributed by atoms with Crippen LogP contribution in [0, 0.1) is 47.3 Å². The molecule has 0 aliphatic carbocycles. The van der Waals surface area contributed by atoms with Crippen LogP contribution in [0.15, 0.2) is 164 Å². The summed E-state index contributed by atoms with van der Waals surface area (Å²) >= 11 is 6.86. The summed E-state index contributed by atoms with van der Waals surface area (Å²) in [6.45, 7) is 8.11. The van der Waals surface area contributed by atoms with Crippen LogP contribution in [0.25, 0.3) is 45.0 Å². The monoisotopic (exact) mass is 1420 g/mol. The number of rotatable bonds is 8. The first-order chi connectivity index (χ1) is 34.2. The van der Waals surface area contributed by atoms with Crippen molar-refractivity contribution in [3.05, 3.63) is 229 Å². The third kappa shape index (κ3) is 17.6. The standard InChI is InChI=1S/C23H18F2N4.C23H16F2N4.C7H5N.CH4.2ClH.2Pt.S2/c2*1-23(2,19-7-3-5-17(28-19)15-9-11-21(24)26-13-15)20-8-4-6-18(29-20)16-10-12-22(25)27-14-16;8-6-7-4-2-1-3-5-7;;;;;;1-2/h3-14H,1-2H3;3-8,11-14H,1-2H3;1-5H;1H4;2*1H;;;/q;-2;;;;;2*+2;/p-2. The SMILES string of the molecule is C.CC(C)(c1cccc(-c2[c-]cc(F)nc2)n1)c1cccc(-c2[c-]cc(F)nc2)n1.CC(C)(c1cccc(-c2ccc(F)nc2)n1)c1cccc(-c2ccc(F)nc2)n1.N#Cc1ccccc1.S=S.[Cl][Pt][Cl].[Pt+2]. The van der Waals surface area contributed by atoms with E-state index in [0.29, 0.717) is 39.5 Å². The zero-order chi connectivity index (χ0) is 51.4. The van der Waals surface area contributed by atoms with Crippen LogP contribution in [-0.4, -0.2) is 39.9 Å². The minimum Gasteiger partial charge on any atom is 2.00 e. The van der Waals surface area contributed by atoms with Gasteiger partial charge in [0.25, 0.3) is 0 Å². The van der Waals surface area contributed by atoms with Gasteiger partial charge in [0, 0.05) is 68.1 Å². The van der Waals surface area contributed by atoms with E-state index in [1.807, 2.05) is 125 Å². The van der Waals surface area contributed by atoms with Gasteiger partial charge in [0.05, 0.1) is 34.4 Å². The van der Waals surface area contributed by atoms with E-state index in [-0.39, 0.29) is 28.5 Å². The molecule has 0 spiro atoms. The first-order valence-corrected chi connectivity index (χ1v) is 27.8. The number of benzene rings is 1. The largest absolute Gasteiger partial charge is 2.00 e. The van der Waals surface area contributed by atoms with E-state index < -0.39 is 51.1 Å². The molecule has 8 heterocycles. The summed E-state index contributed by atoms with van der Waals surface area (Å²) in [7, 11) is 9.75. The Balaban J connectivity index is 0.000000304. The molecule has 378 valence electrons. The number of aromatic nitrogens is 8. The molecular formula is C54H43Cl2F4N9Pt2S2. The molecule has 9 rings (SSSR count). The molecule has 0 saturated heterocycles. The average Bonchev–Trinajstić information content (AvgIpc) is 3.41. The molecule has 0 aliphatic heterocycles. The molecule has 0 unspecified atom stereocenters. The zero-order valence-corrected chi connectivity index (χ0v) is 46.0. The smallest absolute Gasteiger partial charge is 2.00 e. The van der Waals surface area contributed by atoms with Crippen molar-refractivity contribution in [3.63, 3.8) is 0 Å². The first kappa shape index (κ1) is 61.3. The van der Waals surface area contributed by atoms with Crippen molar-refractivity contribution in [3.8, 4) is 51.1 Å². The predicted octanol–water partition coefficient (Wildman–Crippen LogP) is 13.6. The number of halogens is 6. The van der Waals surface area contributed by atoms with Crippen LogP contribution < -0.4 is 0 Å². The maximum Gasteiger partial charge on any atom is 2.00 e. The Morgan fingerprint density at radius 1 is 0.479 bits per heavy atom. The molecule has 9 aromatic rings. The van der Waals surface area contributed by atoms with Crippen LogP contribution >= 0.6 is 18.8 Å². The molecule has 9 nitrogen and oxygen atoms in total. The summed E-state index contributed by atoms with van der Waals surface area (Å²) in [6, 6.07) is 47.9. The molecule has 0 N–H and O–H groups in total. The van der Waals surface area contributed by atoms with Gasteiger partial charge in [-0.25, -0.2) is 18.7 Å². The van der Waals surface area contributed by atoms with E-state index in [2.05, 4.69) is 54.4 Å².